The largest absolute Gasteiger partial charge is 0.445 e. The van der Waals surface area contributed by atoms with Crippen molar-refractivity contribution in [2.24, 2.45) is 17.8 Å². The molecule has 6 amide bonds. The molecule has 5 unspecified atom stereocenters. The van der Waals surface area contributed by atoms with E-state index in [0.717, 1.165) is 19.3 Å². The second-order valence-corrected chi connectivity index (χ2v) is 16.1. The number of anilines is 1. The van der Waals surface area contributed by atoms with Gasteiger partial charge in [-0.15, -0.1) is 0 Å². The maximum Gasteiger partial charge on any atom is 0.410 e. The molecule has 15 heteroatoms. The van der Waals surface area contributed by atoms with Crippen LogP contribution in [-0.4, -0.2) is 128 Å². The van der Waals surface area contributed by atoms with Gasteiger partial charge in [0, 0.05) is 40.0 Å². The topological polar surface area (TPSA) is 176 Å². The number of rotatable bonds is 20. The minimum atomic E-state index is -1.26. The Morgan fingerprint density at radius 2 is 1.66 bits per heavy atom. The highest BCUT2D eigenvalue weighted by molar-refractivity contribution is 5.95. The minimum Gasteiger partial charge on any atom is -0.445 e. The van der Waals surface area contributed by atoms with Gasteiger partial charge in [0.25, 0.3) is 0 Å². The van der Waals surface area contributed by atoms with Gasteiger partial charge >= 0.3 is 6.09 Å². The summed E-state index contributed by atoms with van der Waals surface area (Å²) < 4.78 is 17.5. The van der Waals surface area contributed by atoms with Gasteiger partial charge in [-0.1, -0.05) is 60.1 Å². The molecule has 3 rings (SSSR count). The van der Waals surface area contributed by atoms with E-state index >= 15 is 0 Å². The summed E-state index contributed by atoms with van der Waals surface area (Å²) in [6.45, 7) is 14.4. The Bertz CT molecular complexity index is 1490. The third-order valence-electron chi connectivity index (χ3n) is 11.5. The lowest BCUT2D eigenvalue weighted by atomic mass is 9.89. The Balaban J connectivity index is 1.71. The molecule has 1 aromatic rings. The van der Waals surface area contributed by atoms with Crippen molar-refractivity contribution in [3.8, 4) is 0 Å². The van der Waals surface area contributed by atoms with Gasteiger partial charge in [0.05, 0.1) is 37.3 Å². The molecule has 0 bridgehead atoms. The van der Waals surface area contributed by atoms with Crippen LogP contribution in [0.5, 0.6) is 0 Å². The zero-order chi connectivity index (χ0) is 41.7. The van der Waals surface area contributed by atoms with E-state index in [9.17, 15) is 28.8 Å². The molecule has 0 spiro atoms. The first-order valence-electron chi connectivity index (χ1n) is 20.0. The highest BCUT2D eigenvalue weighted by atomic mass is 16.6. The molecule has 0 aromatic heterocycles. The van der Waals surface area contributed by atoms with Crippen LogP contribution in [0, 0.1) is 17.8 Å². The Labute approximate surface area is 332 Å². The first-order chi connectivity index (χ1) is 26.5. The molecule has 2 saturated heterocycles. The number of carbonyl (C=O) groups excluding carboxylic acids is 6. The van der Waals surface area contributed by atoms with E-state index in [1.165, 1.54) is 4.90 Å². The van der Waals surface area contributed by atoms with Gasteiger partial charge in [0.1, 0.15) is 18.2 Å². The predicted molar refractivity (Wildman–Crippen MR) is 212 cm³/mol. The second-order valence-electron chi connectivity index (χ2n) is 16.1. The third kappa shape index (κ3) is 11.4. The summed E-state index contributed by atoms with van der Waals surface area (Å²) in [5, 5.41) is 7.94. The first-order valence-corrected chi connectivity index (χ1v) is 20.0. The minimum absolute atomic E-state index is 0.0212. The van der Waals surface area contributed by atoms with Gasteiger partial charge in [-0.3, -0.25) is 28.9 Å². The predicted octanol–water partition coefficient (Wildman–Crippen LogP) is 3.94. The van der Waals surface area contributed by atoms with Gasteiger partial charge in [-0.05, 0) is 68.1 Å². The zero-order valence-electron chi connectivity index (χ0n) is 35.1. The summed E-state index contributed by atoms with van der Waals surface area (Å²) >= 11 is 0. The lowest BCUT2D eigenvalue weighted by Gasteiger charge is -2.41. The fourth-order valence-electron chi connectivity index (χ4n) is 8.10. The van der Waals surface area contributed by atoms with Gasteiger partial charge in [0.2, 0.25) is 30.0 Å². The summed E-state index contributed by atoms with van der Waals surface area (Å²) in [4.78, 5) is 83.1. The number of amides is 6. The number of likely N-dealkylation sites (tertiary alicyclic amines) is 2. The molecule has 7 atom stereocenters. The van der Waals surface area contributed by atoms with Crippen LogP contribution in [0.1, 0.15) is 92.6 Å². The van der Waals surface area contributed by atoms with Crippen LogP contribution in [0.15, 0.2) is 24.3 Å². The number of nitrogens with one attached hydrogen (secondary N) is 3. The fourth-order valence-corrected chi connectivity index (χ4v) is 8.10. The second kappa shape index (κ2) is 21.3. The van der Waals surface area contributed by atoms with Crippen LogP contribution in [0.3, 0.4) is 0 Å². The van der Waals surface area contributed by atoms with Crippen molar-refractivity contribution in [1.82, 2.24) is 25.3 Å². The molecule has 0 radical (unpaired) electrons. The van der Waals surface area contributed by atoms with Crippen LogP contribution >= 0.6 is 0 Å². The first kappa shape index (κ1) is 46.1. The smallest absolute Gasteiger partial charge is 0.410 e. The number of nitrogens with zero attached hydrogens (tertiary/aromatic N) is 3. The van der Waals surface area contributed by atoms with Crippen molar-refractivity contribution in [2.45, 2.75) is 129 Å². The van der Waals surface area contributed by atoms with E-state index in [0.29, 0.717) is 43.6 Å². The summed E-state index contributed by atoms with van der Waals surface area (Å²) in [6, 6.07) is 5.32. The molecule has 2 aliphatic heterocycles. The molecule has 56 heavy (non-hydrogen) atoms. The van der Waals surface area contributed by atoms with Crippen molar-refractivity contribution in [3.63, 3.8) is 0 Å². The number of methoxy groups -OCH3 is 2. The van der Waals surface area contributed by atoms with Crippen molar-refractivity contribution in [3.05, 3.63) is 29.8 Å². The molecule has 2 heterocycles. The Kier molecular flexibility index (Phi) is 17.6. The van der Waals surface area contributed by atoms with E-state index in [4.69, 9.17) is 14.2 Å². The molecule has 0 saturated carbocycles. The third-order valence-corrected chi connectivity index (χ3v) is 11.5. The van der Waals surface area contributed by atoms with E-state index in [1.54, 1.807) is 57.4 Å². The molecule has 314 valence electrons. The standard InChI is InChI=1S/C41H66N6O9/c1-11-28(6)36(32(54-9)22-34(50)46-20-12-14-31(46)37(55-10)27(4)5)45(8)38(51)35(26(2)3)44-39(52)41(7)19-13-21-47(41)40(53)56-24-29-15-17-30(18-16-29)43-33(49)23-42-25-48/h15-18,25-28,31-32,35-37H,11-14,19-24H2,1-10H3,(H,42,48)(H,43,49)(H,44,52)/t28?,31?,32?,35-,36?,37?,41-/m0/s1. The number of benzene rings is 1. The summed E-state index contributed by atoms with van der Waals surface area (Å²) in [6.07, 6.45) is 2.69. The Hall–Kier alpha value is -4.24. The quantitative estimate of drug-likeness (QED) is 0.165. The molecule has 1 aromatic carbocycles. The van der Waals surface area contributed by atoms with Crippen molar-refractivity contribution >= 4 is 41.8 Å². The van der Waals surface area contributed by atoms with Crippen LogP contribution in [0.25, 0.3) is 0 Å². The lowest BCUT2D eigenvalue weighted by Crippen LogP contribution is -2.62. The molecule has 0 aliphatic carbocycles. The number of hydrogen-bond acceptors (Lipinski definition) is 9. The van der Waals surface area contributed by atoms with Crippen molar-refractivity contribution in [2.75, 3.05) is 46.2 Å². The Morgan fingerprint density at radius 3 is 2.23 bits per heavy atom. The Morgan fingerprint density at radius 1 is 0.982 bits per heavy atom. The molecule has 2 fully saturated rings. The number of hydrogen-bond donors (Lipinski definition) is 3. The van der Waals surface area contributed by atoms with Gasteiger partial charge in [-0.2, -0.15) is 0 Å². The van der Waals surface area contributed by atoms with E-state index in [-0.39, 0.29) is 67.2 Å². The van der Waals surface area contributed by atoms with Crippen LogP contribution in [0.4, 0.5) is 10.5 Å². The van der Waals surface area contributed by atoms with E-state index in [1.807, 2.05) is 32.6 Å². The number of carbonyl (C=O) groups is 6. The van der Waals surface area contributed by atoms with Gasteiger partial charge in [-0.25, -0.2) is 4.79 Å². The molecular weight excluding hydrogens is 720 g/mol. The van der Waals surface area contributed by atoms with Gasteiger partial charge in [0.15, 0.2) is 0 Å². The maximum atomic E-state index is 14.4. The monoisotopic (exact) mass is 786 g/mol. The van der Waals surface area contributed by atoms with Crippen molar-refractivity contribution in [1.29, 1.82) is 0 Å². The van der Waals surface area contributed by atoms with Crippen LogP contribution in [0.2, 0.25) is 0 Å². The van der Waals surface area contributed by atoms with Gasteiger partial charge < -0.3 is 40.0 Å². The zero-order valence-corrected chi connectivity index (χ0v) is 35.1. The van der Waals surface area contributed by atoms with E-state index < -0.39 is 35.7 Å². The SMILES string of the molecule is CCC(C)C(C(CC(=O)N1CCCC1C(OC)C(C)C)OC)N(C)C(=O)[C@@H](NC(=O)[C@]1(C)CCCN1C(=O)OCc1ccc(NC(=O)CNC=O)cc1)C(C)C. The highest BCUT2D eigenvalue weighted by Crippen LogP contribution is 2.32. The lowest BCUT2D eigenvalue weighted by molar-refractivity contribution is -0.147. The molecule has 2 aliphatic rings. The molecule has 3 N–H and O–H groups in total. The van der Waals surface area contributed by atoms with Crippen LogP contribution < -0.4 is 16.0 Å². The average molecular weight is 787 g/mol. The van der Waals surface area contributed by atoms with E-state index in [2.05, 4.69) is 29.8 Å². The fraction of sp³-hybridized carbons (Fsp3) is 0.707. The molecular formula is C41H66N6O9. The summed E-state index contributed by atoms with van der Waals surface area (Å²) in [7, 11) is 4.97. The highest BCUT2D eigenvalue weighted by Gasteiger charge is 2.48. The average Bonchev–Trinajstić information content (AvgIpc) is 3.82. The summed E-state index contributed by atoms with van der Waals surface area (Å²) in [5.74, 6) is -1.24. The normalized spacial score (nSPS) is 20.9. The molecule has 15 nitrogen and oxygen atoms in total. The summed E-state index contributed by atoms with van der Waals surface area (Å²) in [5.41, 5.74) is -0.0728. The maximum absolute atomic E-state index is 14.4. The number of likely N-dealkylation sites (N-methyl/N-ethyl adjacent to an activating group) is 1. The van der Waals surface area contributed by atoms with Crippen LogP contribution in [-0.2, 0) is 44.8 Å². The van der Waals surface area contributed by atoms with Crippen molar-refractivity contribution < 1.29 is 43.0 Å². The number of ether oxygens (including phenoxy) is 3.